The second kappa shape index (κ2) is 37.1. The molecule has 2 unspecified atom stereocenters. The van der Waals surface area contributed by atoms with Crippen LogP contribution in [0.2, 0.25) is 0 Å². The molecule has 103 heavy (non-hydrogen) atoms. The SMILES string of the molecule is CCC1=C(CC)C(=Cc2[nH]c(Cc3[nH]c(/C=C4\N=CC(CC)=C4CC)c(C)c3CCC(=O)OC)c(CCC(=O)OC)c2C)[NH+]=C1.CCC1=C(CC)C2N=C1C=C1N=C(C=c3[nH]c(c(C)c3CCC(=O)OC)=Cc3[nH]c(c(CC)c3CC)C2c2ccccc2C(=O)OC)C(CCC(=O)OC)=C1C.[Br-].[Br-]. The van der Waals surface area contributed by atoms with E-state index < -0.39 is 0 Å². The fourth-order valence-corrected chi connectivity index (χ4v) is 15.3. The van der Waals surface area contributed by atoms with Crippen LogP contribution in [0.1, 0.15) is 233 Å². The van der Waals surface area contributed by atoms with Crippen molar-refractivity contribution >= 4 is 78.0 Å². The highest BCUT2D eigenvalue weighted by Crippen LogP contribution is 2.45. The van der Waals surface area contributed by atoms with E-state index in [-0.39, 0.29) is 88.6 Å². The molecule has 18 nitrogen and oxygen atoms in total. The van der Waals surface area contributed by atoms with Gasteiger partial charge in [-0.05, 0) is 219 Å². The smallest absolute Gasteiger partial charge is 0.338 e. The lowest BCUT2D eigenvalue weighted by Gasteiger charge is -2.27. The summed E-state index contributed by atoms with van der Waals surface area (Å²) < 4.78 is 25.4. The largest absolute Gasteiger partial charge is 1.00 e. The molecule has 0 radical (unpaired) electrons. The summed E-state index contributed by atoms with van der Waals surface area (Å²) >= 11 is 0. The number of halogens is 2. The average molecular weight is 1530 g/mol. The molecule has 0 saturated carbocycles. The molecule has 2 atom stereocenters. The number of benzene rings is 1. The van der Waals surface area contributed by atoms with E-state index >= 15 is 0 Å². The Kier molecular flexibility index (Phi) is 29.4. The number of H-pyrrole nitrogens is 4. The first-order valence-corrected chi connectivity index (χ1v) is 36.0. The molecule has 0 fully saturated rings. The van der Waals surface area contributed by atoms with Gasteiger partial charge in [0.15, 0.2) is 6.21 Å². The van der Waals surface area contributed by atoms with Gasteiger partial charge >= 0.3 is 29.8 Å². The Labute approximate surface area is 628 Å². The van der Waals surface area contributed by atoms with Gasteiger partial charge in [0.2, 0.25) is 5.70 Å². The summed E-state index contributed by atoms with van der Waals surface area (Å²) in [6, 6.07) is 7.44. The first-order valence-electron chi connectivity index (χ1n) is 36.0. The Balaban J connectivity index is 0.000000290. The molecule has 8 bridgehead atoms. The number of esters is 5. The molecule has 5 aromatic rings. The number of fused-ring (bicyclic) bond motifs is 6. The third-order valence-corrected chi connectivity index (χ3v) is 20.9. The monoisotopic (exact) mass is 1530 g/mol. The molecule has 550 valence electrons. The fraction of sp³-hybridized carbons (Fsp3) is 0.434. The van der Waals surface area contributed by atoms with E-state index in [0.29, 0.717) is 50.5 Å². The molecule has 20 heteroatoms. The van der Waals surface area contributed by atoms with Crippen LogP contribution in [-0.4, -0.2) is 115 Å². The molecule has 10 rings (SSSR count). The molecular formula is C83H103Br2N8O10-. The molecule has 0 amide bonds. The highest BCUT2D eigenvalue weighted by atomic mass is 79.9. The van der Waals surface area contributed by atoms with Gasteiger partial charge in [0.25, 0.3) is 0 Å². The van der Waals surface area contributed by atoms with Crippen molar-refractivity contribution in [2.24, 2.45) is 15.0 Å². The van der Waals surface area contributed by atoms with Crippen LogP contribution < -0.4 is 49.7 Å². The zero-order valence-electron chi connectivity index (χ0n) is 63.2. The van der Waals surface area contributed by atoms with Crippen molar-refractivity contribution < 1.29 is 86.6 Å². The van der Waals surface area contributed by atoms with E-state index in [9.17, 15) is 24.0 Å². The zero-order valence-corrected chi connectivity index (χ0v) is 66.4. The zero-order chi connectivity index (χ0) is 72.9. The van der Waals surface area contributed by atoms with E-state index in [1.807, 2.05) is 43.5 Å². The number of aliphatic imine (C=N–C) groups is 3. The van der Waals surface area contributed by atoms with Gasteiger partial charge in [-0.2, -0.15) is 0 Å². The van der Waals surface area contributed by atoms with Gasteiger partial charge in [-0.3, -0.25) is 29.2 Å². The van der Waals surface area contributed by atoms with E-state index in [1.165, 1.54) is 80.1 Å². The maximum Gasteiger partial charge on any atom is 0.338 e. The maximum absolute atomic E-state index is 13.5. The molecule has 0 spiro atoms. The van der Waals surface area contributed by atoms with Gasteiger partial charge in [0.05, 0.1) is 75.9 Å². The van der Waals surface area contributed by atoms with Crippen LogP contribution in [0.5, 0.6) is 0 Å². The van der Waals surface area contributed by atoms with Crippen molar-refractivity contribution in [3.05, 3.63) is 193 Å². The van der Waals surface area contributed by atoms with Crippen molar-refractivity contribution in [3.63, 3.8) is 0 Å². The van der Waals surface area contributed by atoms with Gasteiger partial charge in [0.1, 0.15) is 0 Å². The summed E-state index contributed by atoms with van der Waals surface area (Å²) in [5.74, 6) is -1.76. The van der Waals surface area contributed by atoms with Gasteiger partial charge in [-0.1, -0.05) is 73.6 Å². The van der Waals surface area contributed by atoms with Gasteiger partial charge < -0.3 is 77.6 Å². The molecule has 4 aromatic heterocycles. The number of allylic oxidation sites excluding steroid dienone is 8. The summed E-state index contributed by atoms with van der Waals surface area (Å²) in [5.41, 5.74) is 30.4. The van der Waals surface area contributed by atoms with Gasteiger partial charge in [-0.25, -0.2) is 14.8 Å². The Morgan fingerprint density at radius 3 is 1.63 bits per heavy atom. The summed E-state index contributed by atoms with van der Waals surface area (Å²) in [4.78, 5) is 96.8. The molecule has 0 aliphatic carbocycles. The molecule has 1 aromatic carbocycles. The number of aromatic nitrogens is 4. The van der Waals surface area contributed by atoms with Crippen LogP contribution in [0.15, 0.2) is 107 Å². The number of aromatic amines is 4. The van der Waals surface area contributed by atoms with Crippen LogP contribution in [0.3, 0.4) is 0 Å². The molecule has 5 aliphatic rings. The van der Waals surface area contributed by atoms with Crippen LogP contribution in [0.25, 0.3) is 24.3 Å². The molecule has 9 heterocycles. The van der Waals surface area contributed by atoms with E-state index in [0.717, 1.165) is 175 Å². The molecule has 5 N–H and O–H groups in total. The third kappa shape index (κ3) is 17.6. The first-order chi connectivity index (χ1) is 48.7. The summed E-state index contributed by atoms with van der Waals surface area (Å²) in [6.45, 7) is 25.7. The Bertz CT molecular complexity index is 4460. The fourth-order valence-electron chi connectivity index (χ4n) is 15.3. The highest BCUT2D eigenvalue weighted by Gasteiger charge is 2.39. The quantitative estimate of drug-likeness (QED) is 0.0283. The number of rotatable bonds is 26. The number of ether oxygens (including phenoxy) is 5. The van der Waals surface area contributed by atoms with Crippen molar-refractivity contribution in [3.8, 4) is 0 Å². The van der Waals surface area contributed by atoms with Gasteiger partial charge in [0, 0.05) is 100 Å². The van der Waals surface area contributed by atoms with E-state index in [1.54, 1.807) is 0 Å². The second-order valence-electron chi connectivity index (χ2n) is 26.1. The minimum absolute atomic E-state index is 0. The van der Waals surface area contributed by atoms with Crippen molar-refractivity contribution in [1.82, 2.24) is 19.9 Å². The van der Waals surface area contributed by atoms with E-state index in [2.05, 4.69) is 132 Å². The minimum Gasteiger partial charge on any atom is -1.00 e. The van der Waals surface area contributed by atoms with Crippen molar-refractivity contribution in [1.29, 1.82) is 0 Å². The standard InChI is InChI=1S/C46H54N4O6.C37H48N4O4.2BrH/c1-10-27-29(12-3)44-43(33-16-14-15-17-34(33)46(53)56-9)45-30(13-4)28(11-2)38(50-45)23-36-26(6)32(19-21-42(52)55-8)40(48-36)24-39-31(18-20-41(51)54-7)25(5)35(47-39)22-37(27)49-44;1-9-24-20-38-32(26(24)11-3)17-30-22(5)28(13-15-36(42)44-7)34(40-30)19-35-29(14-16-37(43)45-8)23(6)31(41-35)18-33-27(12-4)25(10-2)21-39-33;;/h14-17,22-24,43-44,48,50H,10-13,18-21H2,1-9H3;17-18,20-21,40-41H,9-16,19H2,1-8H3;2*1H/p-1/b;32-17-,33-18?;;. The highest BCUT2D eigenvalue weighted by molar-refractivity contribution is 6.24. The summed E-state index contributed by atoms with van der Waals surface area (Å²) in [5, 5.41) is 1.76. The first kappa shape index (κ1) is 81.5. The number of carbonyl (C=O) groups is 5. The summed E-state index contributed by atoms with van der Waals surface area (Å²) in [6.07, 6.45) is 25.3. The average Bonchev–Trinajstić information content (AvgIpc) is 1.61. The van der Waals surface area contributed by atoms with Crippen molar-refractivity contribution in [2.75, 3.05) is 35.5 Å². The third-order valence-electron chi connectivity index (χ3n) is 20.9. The minimum atomic E-state index is -0.389. The van der Waals surface area contributed by atoms with Crippen LogP contribution >= 0.6 is 0 Å². The number of nitrogens with zero attached hydrogens (tertiary/aromatic N) is 3. The van der Waals surface area contributed by atoms with Gasteiger partial charge in [-0.15, -0.1) is 0 Å². The Morgan fingerprint density at radius 1 is 0.524 bits per heavy atom. The predicted molar refractivity (Wildman–Crippen MR) is 402 cm³/mol. The van der Waals surface area contributed by atoms with E-state index in [4.69, 9.17) is 38.7 Å². The Morgan fingerprint density at radius 2 is 1.09 bits per heavy atom. The maximum atomic E-state index is 13.5. The molecule has 5 aliphatic heterocycles. The van der Waals surface area contributed by atoms with Crippen LogP contribution in [0, 0.1) is 20.8 Å². The Hall–Kier alpha value is -8.75. The number of nitrogens with one attached hydrogen (secondary N) is 5. The lowest BCUT2D eigenvalue weighted by atomic mass is 9.79. The van der Waals surface area contributed by atoms with Crippen molar-refractivity contribution in [2.45, 2.75) is 204 Å². The predicted octanol–water partition coefficient (Wildman–Crippen LogP) is 6.91. The van der Waals surface area contributed by atoms with Crippen LogP contribution in [-0.2, 0) is 81.4 Å². The second-order valence-corrected chi connectivity index (χ2v) is 26.1. The lowest BCUT2D eigenvalue weighted by molar-refractivity contribution is -0.380. The molecule has 0 saturated heterocycles. The number of methoxy groups -OCH3 is 5. The number of hydrogen-bond donors (Lipinski definition) is 5. The topological polar surface area (TPSA) is 246 Å². The normalized spacial score (nSPS) is 16.7. The number of hydrogen-bond acceptors (Lipinski definition) is 13. The lowest BCUT2D eigenvalue weighted by Crippen LogP contribution is -3.00. The number of carbonyl (C=O) groups excluding carboxylic acids is 5. The molecular weight excluding hydrogens is 1430 g/mol. The summed E-state index contributed by atoms with van der Waals surface area (Å²) in [7, 11) is 7.09. The van der Waals surface area contributed by atoms with Crippen LogP contribution in [0.4, 0.5) is 0 Å².